The Morgan fingerprint density at radius 2 is 1.65 bits per heavy atom. The second kappa shape index (κ2) is 6.62. The van der Waals surface area contributed by atoms with Crippen molar-refractivity contribution in [2.24, 2.45) is 0 Å². The summed E-state index contributed by atoms with van der Waals surface area (Å²) in [6, 6.07) is 10.4. The highest BCUT2D eigenvalue weighted by atomic mass is 14.9. The summed E-state index contributed by atoms with van der Waals surface area (Å²) in [6.45, 7) is 7.34. The molecule has 1 aromatic carbocycles. The minimum Gasteiger partial charge on any atom is -0.319 e. The first kappa shape index (κ1) is 14.7. The number of likely N-dealkylation sites (N-methyl/N-ethyl adjacent to an activating group) is 1. The highest BCUT2D eigenvalue weighted by molar-refractivity contribution is 5.29. The van der Waals surface area contributed by atoms with Crippen molar-refractivity contribution in [1.82, 2.24) is 15.3 Å². The Balaban J connectivity index is 2.26. The van der Waals surface area contributed by atoms with Gasteiger partial charge in [0.15, 0.2) is 0 Å². The normalized spacial score (nSPS) is 12.4. The van der Waals surface area contributed by atoms with E-state index in [9.17, 15) is 0 Å². The number of nitrogens with zero attached hydrogens (tertiary/aromatic N) is 2. The number of aromatic nitrogens is 2. The van der Waals surface area contributed by atoms with Gasteiger partial charge in [0.25, 0.3) is 0 Å². The van der Waals surface area contributed by atoms with Crippen LogP contribution in [0.4, 0.5) is 0 Å². The minimum atomic E-state index is 0.436. The fourth-order valence-electron chi connectivity index (χ4n) is 2.77. The summed E-state index contributed by atoms with van der Waals surface area (Å²) in [5.41, 5.74) is 4.73. The summed E-state index contributed by atoms with van der Waals surface area (Å²) < 4.78 is 0. The first-order chi connectivity index (χ1) is 9.61. The topological polar surface area (TPSA) is 37.8 Å². The Morgan fingerprint density at radius 3 is 2.20 bits per heavy atom. The van der Waals surface area contributed by atoms with Crippen LogP contribution in [0.25, 0.3) is 0 Å². The van der Waals surface area contributed by atoms with Gasteiger partial charge in [0.2, 0.25) is 0 Å². The van der Waals surface area contributed by atoms with Crippen LogP contribution in [-0.4, -0.2) is 23.6 Å². The standard InChI is InChI=1S/C17H23N3/c1-12(11-18-4)17-13(2)19-16(20-14(17)3)10-15-8-6-5-7-9-15/h5-9,12,18H,10-11H2,1-4H3. The molecule has 2 aromatic rings. The first-order valence-corrected chi connectivity index (χ1v) is 7.14. The quantitative estimate of drug-likeness (QED) is 0.906. The summed E-state index contributed by atoms with van der Waals surface area (Å²) in [7, 11) is 1.98. The molecule has 2 rings (SSSR count). The highest BCUT2D eigenvalue weighted by Gasteiger charge is 2.14. The van der Waals surface area contributed by atoms with Crippen LogP contribution in [0, 0.1) is 13.8 Å². The van der Waals surface area contributed by atoms with Gasteiger partial charge in [-0.05, 0) is 37.9 Å². The van der Waals surface area contributed by atoms with Gasteiger partial charge in [-0.25, -0.2) is 9.97 Å². The van der Waals surface area contributed by atoms with Crippen LogP contribution in [0.1, 0.15) is 41.2 Å². The van der Waals surface area contributed by atoms with Gasteiger partial charge < -0.3 is 5.32 Å². The summed E-state index contributed by atoms with van der Waals surface area (Å²) in [4.78, 5) is 9.39. The molecular weight excluding hydrogens is 246 g/mol. The Labute approximate surface area is 121 Å². The van der Waals surface area contributed by atoms with Gasteiger partial charge in [0.05, 0.1) is 0 Å². The largest absolute Gasteiger partial charge is 0.319 e. The molecule has 0 saturated heterocycles. The fourth-order valence-corrected chi connectivity index (χ4v) is 2.77. The van der Waals surface area contributed by atoms with Crippen molar-refractivity contribution in [1.29, 1.82) is 0 Å². The smallest absolute Gasteiger partial charge is 0.133 e. The van der Waals surface area contributed by atoms with E-state index in [1.165, 1.54) is 11.1 Å². The molecule has 3 heteroatoms. The minimum absolute atomic E-state index is 0.436. The van der Waals surface area contributed by atoms with Gasteiger partial charge in [0, 0.05) is 24.4 Å². The lowest BCUT2D eigenvalue weighted by Crippen LogP contribution is -2.18. The van der Waals surface area contributed by atoms with Crippen molar-refractivity contribution in [3.05, 3.63) is 58.7 Å². The van der Waals surface area contributed by atoms with Gasteiger partial charge in [-0.1, -0.05) is 37.3 Å². The zero-order valence-corrected chi connectivity index (χ0v) is 12.8. The van der Waals surface area contributed by atoms with E-state index in [0.717, 1.165) is 30.2 Å². The first-order valence-electron chi connectivity index (χ1n) is 7.14. The van der Waals surface area contributed by atoms with Crippen LogP contribution in [0.2, 0.25) is 0 Å². The molecule has 20 heavy (non-hydrogen) atoms. The fraction of sp³-hybridized carbons (Fsp3) is 0.412. The monoisotopic (exact) mass is 269 g/mol. The van der Waals surface area contributed by atoms with Crippen molar-refractivity contribution in [2.45, 2.75) is 33.1 Å². The maximum atomic E-state index is 4.69. The zero-order chi connectivity index (χ0) is 14.5. The van der Waals surface area contributed by atoms with Crippen LogP contribution < -0.4 is 5.32 Å². The van der Waals surface area contributed by atoms with Crippen molar-refractivity contribution >= 4 is 0 Å². The SMILES string of the molecule is CNCC(C)c1c(C)nc(Cc2ccccc2)nc1C. The van der Waals surface area contributed by atoms with E-state index in [1.54, 1.807) is 0 Å². The number of hydrogen-bond donors (Lipinski definition) is 1. The number of hydrogen-bond acceptors (Lipinski definition) is 3. The van der Waals surface area contributed by atoms with Crippen LogP contribution >= 0.6 is 0 Å². The van der Waals surface area contributed by atoms with Gasteiger partial charge in [0.1, 0.15) is 5.82 Å². The molecule has 0 bridgehead atoms. The predicted octanol–water partition coefficient (Wildman–Crippen LogP) is 3.01. The van der Waals surface area contributed by atoms with E-state index in [0.29, 0.717) is 5.92 Å². The van der Waals surface area contributed by atoms with Crippen molar-refractivity contribution in [3.8, 4) is 0 Å². The average molecular weight is 269 g/mol. The number of rotatable bonds is 5. The van der Waals surface area contributed by atoms with Crippen LogP contribution in [-0.2, 0) is 6.42 Å². The summed E-state index contributed by atoms with van der Waals surface area (Å²) in [5.74, 6) is 1.34. The number of nitrogens with one attached hydrogen (secondary N) is 1. The second-order valence-corrected chi connectivity index (χ2v) is 5.35. The molecule has 1 atom stereocenters. The predicted molar refractivity (Wildman–Crippen MR) is 83.1 cm³/mol. The lowest BCUT2D eigenvalue weighted by atomic mass is 9.98. The lowest BCUT2D eigenvalue weighted by Gasteiger charge is -2.17. The van der Waals surface area contributed by atoms with Gasteiger partial charge in [-0.15, -0.1) is 0 Å². The number of benzene rings is 1. The van der Waals surface area contributed by atoms with Crippen molar-refractivity contribution in [3.63, 3.8) is 0 Å². The third kappa shape index (κ3) is 3.42. The Hall–Kier alpha value is -1.74. The van der Waals surface area contributed by atoms with Crippen LogP contribution in [0.3, 0.4) is 0 Å². The Morgan fingerprint density at radius 1 is 1.05 bits per heavy atom. The molecule has 0 spiro atoms. The highest BCUT2D eigenvalue weighted by Crippen LogP contribution is 2.21. The van der Waals surface area contributed by atoms with Gasteiger partial charge in [-0.2, -0.15) is 0 Å². The van der Waals surface area contributed by atoms with E-state index < -0.39 is 0 Å². The van der Waals surface area contributed by atoms with Gasteiger partial charge in [-0.3, -0.25) is 0 Å². The molecule has 0 aliphatic heterocycles. The summed E-state index contributed by atoms with van der Waals surface area (Å²) in [5, 5.41) is 3.22. The molecular formula is C17H23N3. The molecule has 0 aliphatic carbocycles. The molecule has 0 aliphatic rings. The second-order valence-electron chi connectivity index (χ2n) is 5.35. The average Bonchev–Trinajstić information content (AvgIpc) is 2.39. The molecule has 0 saturated carbocycles. The van der Waals surface area contributed by atoms with E-state index in [1.807, 2.05) is 13.1 Å². The van der Waals surface area contributed by atoms with E-state index in [4.69, 9.17) is 9.97 Å². The molecule has 106 valence electrons. The van der Waals surface area contributed by atoms with E-state index in [-0.39, 0.29) is 0 Å². The van der Waals surface area contributed by atoms with Crippen LogP contribution in [0.5, 0.6) is 0 Å². The molecule has 0 amide bonds. The third-order valence-corrected chi connectivity index (χ3v) is 3.58. The van der Waals surface area contributed by atoms with E-state index >= 15 is 0 Å². The molecule has 1 aromatic heterocycles. The van der Waals surface area contributed by atoms with E-state index in [2.05, 4.69) is 50.4 Å². The molecule has 3 nitrogen and oxygen atoms in total. The molecule has 0 radical (unpaired) electrons. The maximum absolute atomic E-state index is 4.69. The van der Waals surface area contributed by atoms with Crippen LogP contribution in [0.15, 0.2) is 30.3 Å². The third-order valence-electron chi connectivity index (χ3n) is 3.58. The molecule has 1 N–H and O–H groups in total. The van der Waals surface area contributed by atoms with Gasteiger partial charge >= 0.3 is 0 Å². The van der Waals surface area contributed by atoms with Crippen molar-refractivity contribution in [2.75, 3.05) is 13.6 Å². The summed E-state index contributed by atoms with van der Waals surface area (Å²) in [6.07, 6.45) is 0.795. The van der Waals surface area contributed by atoms with Crippen molar-refractivity contribution < 1.29 is 0 Å². The Bertz CT molecular complexity index is 541. The lowest BCUT2D eigenvalue weighted by molar-refractivity contribution is 0.659. The number of aryl methyl sites for hydroxylation is 2. The zero-order valence-electron chi connectivity index (χ0n) is 12.8. The maximum Gasteiger partial charge on any atom is 0.133 e. The molecule has 1 heterocycles. The summed E-state index contributed by atoms with van der Waals surface area (Å²) >= 11 is 0. The Kier molecular flexibility index (Phi) is 4.85. The molecule has 1 unspecified atom stereocenters. The molecule has 0 fully saturated rings.